The second kappa shape index (κ2) is 3.85. The van der Waals surface area contributed by atoms with E-state index in [9.17, 15) is 0 Å². The zero-order valence-electron chi connectivity index (χ0n) is 9.25. The molecule has 2 nitrogen and oxygen atoms in total. The van der Waals surface area contributed by atoms with Crippen molar-refractivity contribution in [1.82, 2.24) is 0 Å². The summed E-state index contributed by atoms with van der Waals surface area (Å²) in [6, 6.07) is 6.45. The van der Waals surface area contributed by atoms with Gasteiger partial charge in [0, 0.05) is 6.04 Å². The highest BCUT2D eigenvalue weighted by atomic mass is 35.5. The molecule has 2 saturated carbocycles. The Morgan fingerprint density at radius 1 is 1.19 bits per heavy atom. The van der Waals surface area contributed by atoms with Crippen LogP contribution in [0.1, 0.15) is 25.7 Å². The smallest absolute Gasteiger partial charge is 0.0739 e. The Bertz CT molecular complexity index is 385. The van der Waals surface area contributed by atoms with Gasteiger partial charge in [-0.1, -0.05) is 17.7 Å². The van der Waals surface area contributed by atoms with Gasteiger partial charge in [-0.25, -0.2) is 0 Å². The van der Waals surface area contributed by atoms with E-state index in [-0.39, 0.29) is 0 Å². The highest BCUT2D eigenvalue weighted by molar-refractivity contribution is 6.33. The van der Waals surface area contributed by atoms with Gasteiger partial charge in [0.05, 0.1) is 16.4 Å². The summed E-state index contributed by atoms with van der Waals surface area (Å²) in [5, 5.41) is 4.25. The Morgan fingerprint density at radius 2 is 1.81 bits per heavy atom. The van der Waals surface area contributed by atoms with Crippen molar-refractivity contribution >= 4 is 23.0 Å². The number of nitrogens with one attached hydrogen (secondary N) is 1. The Balaban J connectivity index is 1.78. The highest BCUT2D eigenvalue weighted by Gasteiger charge is 2.41. The lowest BCUT2D eigenvalue weighted by molar-refractivity contribution is 0.568. The van der Waals surface area contributed by atoms with Crippen molar-refractivity contribution in [3.05, 3.63) is 23.2 Å². The number of benzene rings is 1. The van der Waals surface area contributed by atoms with Crippen LogP contribution in [0, 0.1) is 11.8 Å². The van der Waals surface area contributed by atoms with E-state index < -0.39 is 0 Å². The van der Waals surface area contributed by atoms with E-state index in [0.717, 1.165) is 17.5 Å². The van der Waals surface area contributed by atoms with Gasteiger partial charge in [0.25, 0.3) is 0 Å². The van der Waals surface area contributed by atoms with Crippen molar-refractivity contribution in [2.24, 2.45) is 11.8 Å². The van der Waals surface area contributed by atoms with Crippen LogP contribution in [0.15, 0.2) is 18.2 Å². The lowest BCUT2D eigenvalue weighted by Gasteiger charge is -2.20. The molecule has 0 amide bonds. The quantitative estimate of drug-likeness (QED) is 0.785. The molecule has 0 saturated heterocycles. The second-order valence-electron chi connectivity index (χ2n) is 5.05. The molecule has 0 aromatic heterocycles. The third-order valence-corrected chi connectivity index (χ3v) is 3.96. The maximum atomic E-state index is 6.02. The normalized spacial score (nSPS) is 20.1. The van der Waals surface area contributed by atoms with Gasteiger partial charge in [0.2, 0.25) is 0 Å². The molecule has 1 aromatic carbocycles. The summed E-state index contributed by atoms with van der Waals surface area (Å²) in [6.45, 7) is 0. The van der Waals surface area contributed by atoms with Crippen LogP contribution < -0.4 is 11.1 Å². The molecule has 2 aliphatic carbocycles. The van der Waals surface area contributed by atoms with Crippen LogP contribution in [0.3, 0.4) is 0 Å². The molecule has 0 atom stereocenters. The first-order chi connectivity index (χ1) is 7.75. The van der Waals surface area contributed by atoms with Gasteiger partial charge in [0.15, 0.2) is 0 Å². The molecule has 3 heteroatoms. The molecule has 0 heterocycles. The van der Waals surface area contributed by atoms with Crippen molar-refractivity contribution in [2.75, 3.05) is 11.1 Å². The molecule has 0 aliphatic heterocycles. The van der Waals surface area contributed by atoms with Crippen molar-refractivity contribution in [2.45, 2.75) is 31.7 Å². The van der Waals surface area contributed by atoms with E-state index in [2.05, 4.69) is 5.32 Å². The Morgan fingerprint density at radius 3 is 2.38 bits per heavy atom. The first-order valence-corrected chi connectivity index (χ1v) is 6.44. The zero-order chi connectivity index (χ0) is 11.1. The van der Waals surface area contributed by atoms with Crippen LogP contribution in [-0.4, -0.2) is 6.04 Å². The largest absolute Gasteiger partial charge is 0.396 e. The molecule has 0 spiro atoms. The number of anilines is 2. The van der Waals surface area contributed by atoms with E-state index in [4.69, 9.17) is 17.3 Å². The predicted molar refractivity (Wildman–Crippen MR) is 68.7 cm³/mol. The molecule has 2 aliphatic rings. The average molecular weight is 237 g/mol. The van der Waals surface area contributed by atoms with Gasteiger partial charge in [-0.05, 0) is 49.7 Å². The summed E-state index contributed by atoms with van der Waals surface area (Å²) in [5.74, 6) is 1.73. The molecule has 16 heavy (non-hydrogen) atoms. The summed E-state index contributed by atoms with van der Waals surface area (Å²) in [6.07, 6.45) is 5.48. The topological polar surface area (TPSA) is 38.0 Å². The zero-order valence-corrected chi connectivity index (χ0v) is 10.0. The first-order valence-electron chi connectivity index (χ1n) is 6.06. The monoisotopic (exact) mass is 236 g/mol. The molecule has 0 unspecified atom stereocenters. The molecule has 0 bridgehead atoms. The van der Waals surface area contributed by atoms with Crippen LogP contribution in [0.2, 0.25) is 5.02 Å². The van der Waals surface area contributed by atoms with Gasteiger partial charge in [-0.2, -0.15) is 0 Å². The van der Waals surface area contributed by atoms with Gasteiger partial charge >= 0.3 is 0 Å². The van der Waals surface area contributed by atoms with E-state index in [1.165, 1.54) is 25.7 Å². The fourth-order valence-corrected chi connectivity index (χ4v) is 2.55. The van der Waals surface area contributed by atoms with Crippen LogP contribution >= 0.6 is 11.6 Å². The van der Waals surface area contributed by atoms with Crippen LogP contribution in [-0.2, 0) is 0 Å². The first kappa shape index (κ1) is 10.3. The molecule has 1 aromatic rings. The Hall–Kier alpha value is -0.890. The van der Waals surface area contributed by atoms with Crippen LogP contribution in [0.25, 0.3) is 0 Å². The van der Waals surface area contributed by atoms with Gasteiger partial charge in [-0.3, -0.25) is 0 Å². The summed E-state index contributed by atoms with van der Waals surface area (Å²) in [7, 11) is 0. The SMILES string of the molecule is Nc1c(Cl)cccc1NC(C1CC1)C1CC1. The molecule has 86 valence electrons. The molecule has 2 fully saturated rings. The number of nitrogen functional groups attached to an aromatic ring is 1. The fraction of sp³-hybridized carbons (Fsp3) is 0.538. The summed E-state index contributed by atoms with van der Waals surface area (Å²) in [4.78, 5) is 0. The second-order valence-corrected chi connectivity index (χ2v) is 5.45. The standard InChI is InChI=1S/C13H17ClN2/c14-10-2-1-3-11(12(10)15)16-13(8-4-5-8)9-6-7-9/h1-3,8-9,13,16H,4-7,15H2. The average Bonchev–Trinajstić information content (AvgIpc) is 3.15. The minimum absolute atomic E-state index is 0.626. The highest BCUT2D eigenvalue weighted by Crippen LogP contribution is 2.46. The van der Waals surface area contributed by atoms with E-state index in [1.807, 2.05) is 18.2 Å². The van der Waals surface area contributed by atoms with E-state index >= 15 is 0 Å². The molecule has 3 N–H and O–H groups in total. The third-order valence-electron chi connectivity index (χ3n) is 3.63. The van der Waals surface area contributed by atoms with Gasteiger partial charge in [0.1, 0.15) is 0 Å². The minimum Gasteiger partial charge on any atom is -0.396 e. The molecular formula is C13H17ClN2. The lowest BCUT2D eigenvalue weighted by atomic mass is 10.1. The van der Waals surface area contributed by atoms with E-state index in [1.54, 1.807) is 0 Å². The summed E-state index contributed by atoms with van der Waals surface area (Å²) >= 11 is 6.02. The number of rotatable bonds is 4. The van der Waals surface area contributed by atoms with Gasteiger partial charge < -0.3 is 11.1 Å². The Kier molecular flexibility index (Phi) is 2.47. The van der Waals surface area contributed by atoms with Crippen molar-refractivity contribution in [1.29, 1.82) is 0 Å². The predicted octanol–water partition coefficient (Wildman–Crippen LogP) is 3.52. The maximum Gasteiger partial charge on any atom is 0.0739 e. The molecule has 0 radical (unpaired) electrons. The number of hydrogen-bond donors (Lipinski definition) is 2. The van der Waals surface area contributed by atoms with E-state index in [0.29, 0.717) is 16.8 Å². The van der Waals surface area contributed by atoms with Gasteiger partial charge in [-0.15, -0.1) is 0 Å². The van der Waals surface area contributed by atoms with Crippen LogP contribution in [0.4, 0.5) is 11.4 Å². The van der Waals surface area contributed by atoms with Crippen molar-refractivity contribution in [3.8, 4) is 0 Å². The third kappa shape index (κ3) is 1.99. The summed E-state index contributed by atoms with van der Waals surface area (Å²) in [5.41, 5.74) is 7.68. The number of hydrogen-bond acceptors (Lipinski definition) is 2. The molecular weight excluding hydrogens is 220 g/mol. The number of halogens is 1. The Labute approximate surface area is 101 Å². The summed E-state index contributed by atoms with van der Waals surface area (Å²) < 4.78 is 0. The molecule has 3 rings (SSSR count). The van der Waals surface area contributed by atoms with Crippen molar-refractivity contribution in [3.63, 3.8) is 0 Å². The minimum atomic E-state index is 0.626. The number of para-hydroxylation sites is 1. The fourth-order valence-electron chi connectivity index (χ4n) is 2.37. The van der Waals surface area contributed by atoms with Crippen molar-refractivity contribution < 1.29 is 0 Å². The number of nitrogens with two attached hydrogens (primary N) is 1. The maximum absolute atomic E-state index is 6.02. The lowest BCUT2D eigenvalue weighted by Crippen LogP contribution is -2.24. The van der Waals surface area contributed by atoms with Crippen LogP contribution in [0.5, 0.6) is 0 Å².